The van der Waals surface area contributed by atoms with E-state index in [0.717, 1.165) is 31.4 Å². The maximum atomic E-state index is 12.5. The zero-order valence-corrected chi connectivity index (χ0v) is 15.8. The van der Waals surface area contributed by atoms with Gasteiger partial charge in [-0.2, -0.15) is 0 Å². The van der Waals surface area contributed by atoms with Gasteiger partial charge < -0.3 is 15.0 Å². The normalized spacial score (nSPS) is 26.4. The summed E-state index contributed by atoms with van der Waals surface area (Å²) in [5.41, 5.74) is 0.402. The van der Waals surface area contributed by atoms with E-state index in [0.29, 0.717) is 10.0 Å². The molecule has 6 heteroatoms. The molecule has 132 valence electrons. The fraction of sp³-hybridized carbons (Fsp3) is 0.611. The molecule has 2 heterocycles. The van der Waals surface area contributed by atoms with Crippen molar-refractivity contribution in [2.24, 2.45) is 0 Å². The summed E-state index contributed by atoms with van der Waals surface area (Å²) in [5.74, 6) is 0. The average Bonchev–Trinajstić information content (AvgIpc) is 2.73. The van der Waals surface area contributed by atoms with E-state index in [4.69, 9.17) is 27.9 Å². The number of nitrogens with zero attached hydrogens (tertiary/aromatic N) is 1. The fourth-order valence-electron chi connectivity index (χ4n) is 3.74. The van der Waals surface area contributed by atoms with Crippen LogP contribution in [0.5, 0.6) is 0 Å². The monoisotopic (exact) mass is 370 g/mol. The van der Waals surface area contributed by atoms with E-state index in [1.807, 2.05) is 31.7 Å². The van der Waals surface area contributed by atoms with Crippen LogP contribution >= 0.6 is 23.2 Å². The number of ether oxygens (including phenoxy) is 1. The molecule has 1 aromatic carbocycles. The molecular weight excluding hydrogens is 347 g/mol. The molecule has 3 rings (SSSR count). The topological polar surface area (TPSA) is 41.6 Å². The number of amides is 1. The molecule has 2 atom stereocenters. The summed E-state index contributed by atoms with van der Waals surface area (Å²) in [6, 6.07) is 6.19. The first kappa shape index (κ1) is 17.7. The minimum atomic E-state index is -0.458. The van der Waals surface area contributed by atoms with Crippen LogP contribution in [0.25, 0.3) is 0 Å². The second-order valence-corrected chi connectivity index (χ2v) is 8.55. The third-order valence-corrected chi connectivity index (χ3v) is 5.19. The van der Waals surface area contributed by atoms with Crippen molar-refractivity contribution in [2.45, 2.75) is 70.2 Å². The molecule has 1 aromatic rings. The summed E-state index contributed by atoms with van der Waals surface area (Å²) in [6.07, 6.45) is 3.68. The van der Waals surface area contributed by atoms with Gasteiger partial charge in [0.15, 0.2) is 0 Å². The van der Waals surface area contributed by atoms with Crippen molar-refractivity contribution in [1.29, 1.82) is 0 Å². The quantitative estimate of drug-likeness (QED) is 0.763. The Morgan fingerprint density at radius 3 is 2.42 bits per heavy atom. The predicted octanol–water partition coefficient (Wildman–Crippen LogP) is 5.34. The molecule has 2 fully saturated rings. The molecule has 2 unspecified atom stereocenters. The number of anilines is 1. The van der Waals surface area contributed by atoms with Crippen molar-refractivity contribution in [1.82, 2.24) is 4.90 Å². The van der Waals surface area contributed by atoms with Crippen molar-refractivity contribution >= 4 is 35.0 Å². The van der Waals surface area contributed by atoms with Crippen LogP contribution in [0.2, 0.25) is 10.0 Å². The zero-order valence-electron chi connectivity index (χ0n) is 14.3. The van der Waals surface area contributed by atoms with Crippen molar-refractivity contribution in [3.05, 3.63) is 28.2 Å². The lowest BCUT2D eigenvalue weighted by atomic mass is 9.97. The first-order valence-corrected chi connectivity index (χ1v) is 9.21. The Bertz CT molecular complexity index is 616. The molecule has 0 aromatic heterocycles. The van der Waals surface area contributed by atoms with E-state index in [9.17, 15) is 4.79 Å². The number of carbonyl (C=O) groups is 1. The van der Waals surface area contributed by atoms with Gasteiger partial charge in [-0.05, 0) is 64.7 Å². The van der Waals surface area contributed by atoms with E-state index in [-0.39, 0.29) is 24.2 Å². The van der Waals surface area contributed by atoms with Gasteiger partial charge >= 0.3 is 6.09 Å². The summed E-state index contributed by atoms with van der Waals surface area (Å²) in [4.78, 5) is 14.4. The van der Waals surface area contributed by atoms with Gasteiger partial charge in [0.2, 0.25) is 0 Å². The molecule has 2 saturated heterocycles. The van der Waals surface area contributed by atoms with Gasteiger partial charge in [-0.15, -0.1) is 0 Å². The van der Waals surface area contributed by atoms with Crippen LogP contribution in [0.15, 0.2) is 18.2 Å². The van der Waals surface area contributed by atoms with Gasteiger partial charge in [0.25, 0.3) is 0 Å². The number of benzene rings is 1. The molecule has 2 bridgehead atoms. The molecule has 2 aliphatic heterocycles. The number of hydrogen-bond acceptors (Lipinski definition) is 3. The smallest absolute Gasteiger partial charge is 0.410 e. The van der Waals surface area contributed by atoms with Gasteiger partial charge in [0, 0.05) is 23.1 Å². The largest absolute Gasteiger partial charge is 0.444 e. The van der Waals surface area contributed by atoms with E-state index in [1.165, 1.54) is 0 Å². The van der Waals surface area contributed by atoms with Crippen molar-refractivity contribution in [3.63, 3.8) is 0 Å². The highest BCUT2D eigenvalue weighted by atomic mass is 35.5. The Morgan fingerprint density at radius 2 is 1.83 bits per heavy atom. The molecule has 0 radical (unpaired) electrons. The first-order chi connectivity index (χ1) is 11.2. The van der Waals surface area contributed by atoms with Crippen LogP contribution in [0.4, 0.5) is 10.5 Å². The molecule has 1 amide bonds. The van der Waals surface area contributed by atoms with Crippen molar-refractivity contribution in [2.75, 3.05) is 5.32 Å². The summed E-state index contributed by atoms with van der Waals surface area (Å²) in [7, 11) is 0. The van der Waals surface area contributed by atoms with Gasteiger partial charge in [0.1, 0.15) is 5.60 Å². The highest BCUT2D eigenvalue weighted by Crippen LogP contribution is 2.38. The summed E-state index contributed by atoms with van der Waals surface area (Å²) in [5, 5.41) is 4.83. The van der Waals surface area contributed by atoms with E-state index in [1.54, 1.807) is 12.1 Å². The van der Waals surface area contributed by atoms with Crippen LogP contribution in [-0.4, -0.2) is 34.7 Å². The summed E-state index contributed by atoms with van der Waals surface area (Å²) >= 11 is 12.3. The molecular formula is C18H24Cl2N2O2. The minimum Gasteiger partial charge on any atom is -0.444 e. The lowest BCUT2D eigenvalue weighted by Gasteiger charge is -2.40. The number of rotatable bonds is 2. The van der Waals surface area contributed by atoms with Crippen molar-refractivity contribution < 1.29 is 9.53 Å². The third-order valence-electron chi connectivity index (χ3n) is 4.63. The number of hydrogen-bond donors (Lipinski definition) is 1. The Balaban J connectivity index is 1.67. The highest BCUT2D eigenvalue weighted by molar-refractivity contribution is 6.35. The Hall–Kier alpha value is -1.13. The summed E-state index contributed by atoms with van der Waals surface area (Å²) < 4.78 is 5.57. The van der Waals surface area contributed by atoms with E-state index in [2.05, 4.69) is 5.32 Å². The Labute approximate surface area is 153 Å². The number of nitrogens with one attached hydrogen (secondary N) is 1. The predicted molar refractivity (Wildman–Crippen MR) is 98.0 cm³/mol. The molecule has 0 aliphatic carbocycles. The second kappa shape index (κ2) is 6.64. The lowest BCUT2D eigenvalue weighted by Crippen LogP contribution is -2.51. The molecule has 4 nitrogen and oxygen atoms in total. The van der Waals surface area contributed by atoms with Gasteiger partial charge in [-0.1, -0.05) is 23.2 Å². The van der Waals surface area contributed by atoms with Crippen LogP contribution in [0.3, 0.4) is 0 Å². The van der Waals surface area contributed by atoms with Crippen molar-refractivity contribution in [3.8, 4) is 0 Å². The minimum absolute atomic E-state index is 0.186. The molecule has 24 heavy (non-hydrogen) atoms. The SMILES string of the molecule is CC(C)(C)OC(=O)N1C2CCC1CC(Nc1cc(Cl)ccc1Cl)C2. The number of carbonyl (C=O) groups excluding carboxylic acids is 1. The Morgan fingerprint density at radius 1 is 1.21 bits per heavy atom. The maximum absolute atomic E-state index is 12.5. The number of halogens is 2. The van der Waals surface area contributed by atoms with Crippen LogP contribution < -0.4 is 5.32 Å². The third kappa shape index (κ3) is 3.92. The number of fused-ring (bicyclic) bond motifs is 2. The van der Waals surface area contributed by atoms with Gasteiger partial charge in [0.05, 0.1) is 10.7 Å². The molecule has 1 N–H and O–H groups in total. The second-order valence-electron chi connectivity index (χ2n) is 7.71. The number of piperidine rings is 1. The van der Waals surface area contributed by atoms with Gasteiger partial charge in [-0.3, -0.25) is 0 Å². The lowest BCUT2D eigenvalue weighted by molar-refractivity contribution is 0.00684. The van der Waals surface area contributed by atoms with Crippen LogP contribution in [0.1, 0.15) is 46.5 Å². The molecule has 0 spiro atoms. The van der Waals surface area contributed by atoms with Crippen LogP contribution in [-0.2, 0) is 4.74 Å². The Kier molecular flexibility index (Phi) is 4.89. The fourth-order valence-corrected chi connectivity index (χ4v) is 4.08. The molecule has 0 saturated carbocycles. The van der Waals surface area contributed by atoms with Crippen LogP contribution in [0, 0.1) is 0 Å². The zero-order chi connectivity index (χ0) is 17.5. The average molecular weight is 371 g/mol. The van der Waals surface area contributed by atoms with E-state index >= 15 is 0 Å². The first-order valence-electron chi connectivity index (χ1n) is 8.46. The summed E-state index contributed by atoms with van der Waals surface area (Å²) in [6.45, 7) is 5.72. The molecule has 2 aliphatic rings. The van der Waals surface area contributed by atoms with E-state index < -0.39 is 5.60 Å². The standard InChI is InChI=1S/C18H24Cl2N2O2/c1-18(2,3)24-17(23)22-13-5-6-14(22)10-12(9-13)21-16-8-11(19)4-7-15(16)20/h4,7-8,12-14,21H,5-6,9-10H2,1-3H3. The maximum Gasteiger partial charge on any atom is 0.410 e. The van der Waals surface area contributed by atoms with Gasteiger partial charge in [-0.25, -0.2) is 4.79 Å². The highest BCUT2D eigenvalue weighted by Gasteiger charge is 2.44.